The second-order valence-corrected chi connectivity index (χ2v) is 15.6. The van der Waals surface area contributed by atoms with Crippen LogP contribution in [0.1, 0.15) is 193 Å². The highest BCUT2D eigenvalue weighted by molar-refractivity contribution is 5.70. The number of aliphatic hydroxyl groups is 4. The fourth-order valence-corrected chi connectivity index (χ4v) is 6.87. The molecule has 0 aromatic carbocycles. The summed E-state index contributed by atoms with van der Waals surface area (Å²) in [7, 11) is 0. The van der Waals surface area contributed by atoms with Gasteiger partial charge in [-0.15, -0.1) is 6.58 Å². The molecule has 0 aromatic heterocycles. The number of carbonyl (C=O) groups is 2. The number of aliphatic hydroxyl groups excluding tert-OH is 4. The zero-order valence-corrected chi connectivity index (χ0v) is 34.8. The minimum Gasteiger partial charge on any atom is -0.462 e. The Balaban J connectivity index is 2.32. The van der Waals surface area contributed by atoms with E-state index in [1.807, 2.05) is 6.08 Å². The van der Waals surface area contributed by atoms with Gasteiger partial charge in [-0.1, -0.05) is 147 Å². The van der Waals surface area contributed by atoms with Crippen molar-refractivity contribution in [2.75, 3.05) is 19.8 Å². The minimum absolute atomic E-state index is 0.219. The summed E-state index contributed by atoms with van der Waals surface area (Å²) in [6, 6.07) is 0. The van der Waals surface area contributed by atoms with Crippen LogP contribution in [-0.2, 0) is 28.5 Å². The lowest BCUT2D eigenvalue weighted by Crippen LogP contribution is -2.59. The van der Waals surface area contributed by atoms with Crippen LogP contribution in [0.4, 0.5) is 0 Å². The Morgan fingerprint density at radius 2 is 1.05 bits per heavy atom. The van der Waals surface area contributed by atoms with E-state index in [-0.39, 0.29) is 32.0 Å². The largest absolute Gasteiger partial charge is 0.462 e. The van der Waals surface area contributed by atoms with Gasteiger partial charge in [0.05, 0.1) is 13.2 Å². The number of carbonyl (C=O) groups excluding carboxylic acids is 2. The van der Waals surface area contributed by atoms with Gasteiger partial charge < -0.3 is 39.4 Å². The van der Waals surface area contributed by atoms with Crippen molar-refractivity contribution in [3.8, 4) is 0 Å². The van der Waals surface area contributed by atoms with Gasteiger partial charge >= 0.3 is 11.9 Å². The van der Waals surface area contributed by atoms with Crippen molar-refractivity contribution < 1.29 is 49.0 Å². The van der Waals surface area contributed by atoms with Crippen LogP contribution < -0.4 is 0 Å². The Bertz CT molecular complexity index is 941. The van der Waals surface area contributed by atoms with Gasteiger partial charge in [0.25, 0.3) is 0 Å². The summed E-state index contributed by atoms with van der Waals surface area (Å²) in [6.07, 6.45) is 30.7. The first kappa shape index (κ1) is 51.2. The SMILES string of the molecule is C=CCCCCCCCCCCCCCCCC(=O)OC[C@@H](CO[C@H]1O[C@@H](CO)[C@@H](O)C(O)C1O)OC(=O)CCCCCCC/C=C/CCCCCCCC. The molecular formula is C45H82O10. The maximum absolute atomic E-state index is 12.8. The van der Waals surface area contributed by atoms with E-state index in [0.717, 1.165) is 57.8 Å². The summed E-state index contributed by atoms with van der Waals surface area (Å²) in [5.74, 6) is -0.814. The molecule has 1 heterocycles. The van der Waals surface area contributed by atoms with Gasteiger partial charge in [0, 0.05) is 12.8 Å². The average molecular weight is 783 g/mol. The predicted octanol–water partition coefficient (Wildman–Crippen LogP) is 9.33. The molecule has 6 atom stereocenters. The molecule has 0 radical (unpaired) electrons. The summed E-state index contributed by atoms with van der Waals surface area (Å²) in [4.78, 5) is 25.3. The van der Waals surface area contributed by atoms with Crippen LogP contribution in [0.15, 0.2) is 24.8 Å². The fourth-order valence-electron chi connectivity index (χ4n) is 6.87. The van der Waals surface area contributed by atoms with Crippen molar-refractivity contribution in [2.45, 2.75) is 230 Å². The third-order valence-electron chi connectivity index (χ3n) is 10.5. The number of esters is 2. The first-order chi connectivity index (χ1) is 26.8. The lowest BCUT2D eigenvalue weighted by Gasteiger charge is -2.39. The molecule has 55 heavy (non-hydrogen) atoms. The molecule has 322 valence electrons. The summed E-state index contributed by atoms with van der Waals surface area (Å²) in [5.41, 5.74) is 0. The molecule has 2 unspecified atom stereocenters. The van der Waals surface area contributed by atoms with Crippen LogP contribution in [0.5, 0.6) is 0 Å². The molecule has 0 bridgehead atoms. The van der Waals surface area contributed by atoms with Crippen molar-refractivity contribution >= 4 is 11.9 Å². The number of rotatable bonds is 38. The molecule has 10 nitrogen and oxygen atoms in total. The zero-order chi connectivity index (χ0) is 40.2. The van der Waals surface area contributed by atoms with Crippen LogP contribution in [0, 0.1) is 0 Å². The van der Waals surface area contributed by atoms with E-state index >= 15 is 0 Å². The summed E-state index contributed by atoms with van der Waals surface area (Å²) >= 11 is 0. The van der Waals surface area contributed by atoms with Gasteiger partial charge in [0.15, 0.2) is 12.4 Å². The molecule has 0 aliphatic carbocycles. The molecule has 1 fully saturated rings. The molecule has 4 N–H and O–H groups in total. The molecule has 1 aliphatic heterocycles. The molecule has 0 aromatic rings. The average Bonchev–Trinajstić information content (AvgIpc) is 3.18. The Morgan fingerprint density at radius 1 is 0.600 bits per heavy atom. The third kappa shape index (κ3) is 28.3. The van der Waals surface area contributed by atoms with Crippen molar-refractivity contribution in [1.29, 1.82) is 0 Å². The highest BCUT2D eigenvalue weighted by atomic mass is 16.7. The van der Waals surface area contributed by atoms with Crippen molar-refractivity contribution in [3.63, 3.8) is 0 Å². The Hall–Kier alpha value is -1.82. The fraction of sp³-hybridized carbons (Fsp3) is 0.867. The second-order valence-electron chi connectivity index (χ2n) is 15.6. The van der Waals surface area contributed by atoms with Crippen molar-refractivity contribution in [3.05, 3.63) is 24.8 Å². The normalized spacial score (nSPS) is 20.5. The third-order valence-corrected chi connectivity index (χ3v) is 10.5. The number of hydrogen-bond acceptors (Lipinski definition) is 10. The number of ether oxygens (including phenoxy) is 4. The smallest absolute Gasteiger partial charge is 0.306 e. The summed E-state index contributed by atoms with van der Waals surface area (Å²) < 4.78 is 22.1. The standard InChI is InChI=1S/C45H82O10/c1-3-5-7-9-11-13-15-17-19-21-23-25-27-29-31-33-40(47)52-36-38(37-53-45-44(51)43(50)42(49)39(35-46)55-45)54-41(48)34-32-30-28-26-24-22-20-18-16-14-12-10-8-6-4-2/h3,18,20,38-39,42-46,49-51H,1,4-17,19,21-37H2,2H3/b20-18+/t38-,39-,42+,43?,44?,45-/m0/s1. The first-order valence-corrected chi connectivity index (χ1v) is 22.4. The lowest BCUT2D eigenvalue weighted by molar-refractivity contribution is -0.305. The first-order valence-electron chi connectivity index (χ1n) is 22.4. The van der Waals surface area contributed by atoms with Gasteiger partial charge in [-0.25, -0.2) is 0 Å². The van der Waals surface area contributed by atoms with Crippen LogP contribution in [0.25, 0.3) is 0 Å². The molecule has 0 spiro atoms. The van der Waals surface area contributed by atoms with Crippen LogP contribution in [0.2, 0.25) is 0 Å². The second kappa shape index (κ2) is 36.5. The van der Waals surface area contributed by atoms with E-state index in [2.05, 4.69) is 25.7 Å². The highest BCUT2D eigenvalue weighted by Crippen LogP contribution is 2.23. The lowest BCUT2D eigenvalue weighted by atomic mass is 9.99. The monoisotopic (exact) mass is 783 g/mol. The van der Waals surface area contributed by atoms with E-state index < -0.39 is 49.4 Å². The quantitative estimate of drug-likeness (QED) is 0.0271. The van der Waals surface area contributed by atoms with E-state index in [1.165, 1.54) is 109 Å². The molecule has 0 saturated carbocycles. The Labute approximate surface area is 334 Å². The molecule has 0 amide bonds. The molecule has 10 heteroatoms. The summed E-state index contributed by atoms with van der Waals surface area (Å²) in [5, 5.41) is 40.0. The van der Waals surface area contributed by atoms with Gasteiger partial charge in [0.1, 0.15) is 31.0 Å². The maximum Gasteiger partial charge on any atom is 0.306 e. The Morgan fingerprint density at radius 3 is 1.55 bits per heavy atom. The van der Waals surface area contributed by atoms with E-state index in [1.54, 1.807) is 0 Å². The van der Waals surface area contributed by atoms with Gasteiger partial charge in [-0.05, 0) is 51.4 Å². The number of hydrogen-bond donors (Lipinski definition) is 4. The van der Waals surface area contributed by atoms with Gasteiger partial charge in [-0.2, -0.15) is 0 Å². The van der Waals surface area contributed by atoms with E-state index in [0.29, 0.717) is 6.42 Å². The topological polar surface area (TPSA) is 152 Å². The Kier molecular flexibility index (Phi) is 34.0. The van der Waals surface area contributed by atoms with Gasteiger partial charge in [0.2, 0.25) is 0 Å². The van der Waals surface area contributed by atoms with Gasteiger partial charge in [-0.3, -0.25) is 9.59 Å². The number of allylic oxidation sites excluding steroid dienone is 3. The van der Waals surface area contributed by atoms with E-state index in [9.17, 15) is 30.0 Å². The predicted molar refractivity (Wildman–Crippen MR) is 219 cm³/mol. The molecule has 1 aliphatic rings. The van der Waals surface area contributed by atoms with Crippen LogP contribution in [-0.4, -0.2) is 89.0 Å². The maximum atomic E-state index is 12.8. The number of unbranched alkanes of at least 4 members (excludes halogenated alkanes) is 24. The minimum atomic E-state index is -1.59. The zero-order valence-electron chi connectivity index (χ0n) is 34.8. The van der Waals surface area contributed by atoms with Crippen molar-refractivity contribution in [2.24, 2.45) is 0 Å². The van der Waals surface area contributed by atoms with Crippen molar-refractivity contribution in [1.82, 2.24) is 0 Å². The molecular weight excluding hydrogens is 700 g/mol. The van der Waals surface area contributed by atoms with Crippen LogP contribution >= 0.6 is 0 Å². The molecule has 1 saturated heterocycles. The highest BCUT2D eigenvalue weighted by Gasteiger charge is 2.44. The molecule has 1 rings (SSSR count). The van der Waals surface area contributed by atoms with Crippen LogP contribution in [0.3, 0.4) is 0 Å². The summed E-state index contributed by atoms with van der Waals surface area (Å²) in [6.45, 7) is 4.94. The van der Waals surface area contributed by atoms with E-state index in [4.69, 9.17) is 18.9 Å².